The van der Waals surface area contributed by atoms with Crippen LogP contribution in [0.3, 0.4) is 0 Å². The molecule has 0 spiro atoms. The van der Waals surface area contributed by atoms with Crippen molar-refractivity contribution >= 4 is 24.5 Å². The van der Waals surface area contributed by atoms with Gasteiger partial charge in [-0.1, -0.05) is 32.0 Å². The van der Waals surface area contributed by atoms with Gasteiger partial charge in [0.2, 0.25) is 8.32 Å². The highest BCUT2D eigenvalue weighted by molar-refractivity contribution is 6.82. The summed E-state index contributed by atoms with van der Waals surface area (Å²) in [6.45, 7) is 9.09. The maximum absolute atomic E-state index is 10.2. The number of nitrogens with zero attached hydrogens (tertiary/aromatic N) is 1. The molecule has 1 aromatic heterocycles. The van der Waals surface area contributed by atoms with Crippen LogP contribution in [0.1, 0.15) is 19.4 Å². The van der Waals surface area contributed by atoms with Gasteiger partial charge >= 0.3 is 0 Å². The second-order valence-electron chi connectivity index (χ2n) is 6.14. The minimum atomic E-state index is -2.33. The van der Waals surface area contributed by atoms with Crippen LogP contribution in [0.4, 0.5) is 0 Å². The number of benzene rings is 1. The second-order valence-corrected chi connectivity index (χ2v) is 9.77. The molecule has 20 heavy (non-hydrogen) atoms. The minimum Gasteiger partial charge on any atom is -0.426 e. The van der Waals surface area contributed by atoms with E-state index < -0.39 is 8.32 Å². The van der Waals surface area contributed by atoms with Gasteiger partial charge in [-0.2, -0.15) is 0 Å². The molecule has 0 fully saturated rings. The van der Waals surface area contributed by atoms with E-state index >= 15 is 0 Å². The smallest absolute Gasteiger partial charge is 0.233 e. The zero-order chi connectivity index (χ0) is 14.8. The van der Waals surface area contributed by atoms with Gasteiger partial charge in [-0.05, 0) is 43.8 Å². The summed E-state index contributed by atoms with van der Waals surface area (Å²) in [5.74, 6) is 0. The van der Waals surface area contributed by atoms with Gasteiger partial charge in [0, 0.05) is 11.4 Å². The van der Waals surface area contributed by atoms with Crippen LogP contribution >= 0.6 is 0 Å². The molecule has 0 aliphatic carbocycles. The summed E-state index contributed by atoms with van der Waals surface area (Å²) in [4.78, 5) is 14.8. The first kappa shape index (κ1) is 15.2. The molecule has 1 heterocycles. The average molecular weight is 288 g/mol. The van der Waals surface area contributed by atoms with E-state index in [0.29, 0.717) is 6.04 Å². The van der Waals surface area contributed by atoms with Crippen LogP contribution in [-0.2, 0) is 6.42 Å². The summed E-state index contributed by atoms with van der Waals surface area (Å²) < 4.78 is 0. The highest BCUT2D eigenvalue weighted by Gasteiger charge is 2.21. The summed E-state index contributed by atoms with van der Waals surface area (Å²) in [6.07, 6.45) is 1.000. The summed E-state index contributed by atoms with van der Waals surface area (Å²) in [6, 6.07) is 10.9. The van der Waals surface area contributed by atoms with Gasteiger partial charge in [-0.15, -0.1) is 0 Å². The molecular weight excluding hydrogens is 264 g/mol. The van der Waals surface area contributed by atoms with Crippen molar-refractivity contribution < 1.29 is 4.80 Å². The van der Waals surface area contributed by atoms with E-state index in [9.17, 15) is 4.80 Å². The molecule has 1 aromatic carbocycles. The molecule has 0 unspecified atom stereocenters. The van der Waals surface area contributed by atoms with Gasteiger partial charge in [0.05, 0.1) is 10.8 Å². The molecule has 0 radical (unpaired) electrons. The molecule has 0 bridgehead atoms. The molecule has 0 atom stereocenters. The standard InChI is InChI=1S/C16H24N2OSi/c1-12(2)17-10-9-13-5-6-14-7-8-16(20(3,4)19)18-15(14)11-13/h5-8,11-12,17,19H,9-10H2,1-4H3. The Kier molecular flexibility index (Phi) is 4.58. The molecular formula is C16H24N2OSi. The van der Waals surface area contributed by atoms with Crippen molar-refractivity contribution in [2.45, 2.75) is 39.4 Å². The lowest BCUT2D eigenvalue weighted by Crippen LogP contribution is -2.43. The summed E-state index contributed by atoms with van der Waals surface area (Å²) in [5, 5.41) is 5.41. The lowest BCUT2D eigenvalue weighted by molar-refractivity contribution is 0.567. The van der Waals surface area contributed by atoms with Crippen LogP contribution in [0.25, 0.3) is 10.9 Å². The lowest BCUT2D eigenvalue weighted by atomic mass is 10.1. The van der Waals surface area contributed by atoms with Crippen LogP contribution in [0.15, 0.2) is 30.3 Å². The fraction of sp³-hybridized carbons (Fsp3) is 0.438. The lowest BCUT2D eigenvalue weighted by Gasteiger charge is -2.14. The van der Waals surface area contributed by atoms with E-state index in [4.69, 9.17) is 0 Å². The zero-order valence-electron chi connectivity index (χ0n) is 12.8. The molecule has 4 heteroatoms. The first-order valence-corrected chi connectivity index (χ1v) is 10.2. The molecule has 2 rings (SSSR count). The van der Waals surface area contributed by atoms with Crippen molar-refractivity contribution in [2.24, 2.45) is 0 Å². The third-order valence-corrected chi connectivity index (χ3v) is 4.88. The zero-order valence-corrected chi connectivity index (χ0v) is 13.8. The third kappa shape index (κ3) is 3.88. The number of aromatic nitrogens is 1. The highest BCUT2D eigenvalue weighted by atomic mass is 28.4. The predicted molar refractivity (Wildman–Crippen MR) is 87.9 cm³/mol. The van der Waals surface area contributed by atoms with Crippen molar-refractivity contribution in [3.63, 3.8) is 0 Å². The number of pyridine rings is 1. The highest BCUT2D eigenvalue weighted by Crippen LogP contribution is 2.14. The van der Waals surface area contributed by atoms with E-state index in [0.717, 1.165) is 29.2 Å². The number of hydrogen-bond acceptors (Lipinski definition) is 3. The Hall–Kier alpha value is -1.23. The summed E-state index contributed by atoms with van der Waals surface area (Å²) in [7, 11) is -2.33. The minimum absolute atomic E-state index is 0.515. The van der Waals surface area contributed by atoms with Crippen LogP contribution in [-0.4, -0.2) is 30.7 Å². The molecule has 0 saturated heterocycles. The number of nitrogens with one attached hydrogen (secondary N) is 1. The molecule has 2 aromatic rings. The summed E-state index contributed by atoms with van der Waals surface area (Å²) >= 11 is 0. The average Bonchev–Trinajstić information content (AvgIpc) is 2.36. The number of hydrogen-bond donors (Lipinski definition) is 2. The molecule has 3 nitrogen and oxygen atoms in total. The van der Waals surface area contributed by atoms with Crippen molar-refractivity contribution in [1.82, 2.24) is 10.3 Å². The van der Waals surface area contributed by atoms with Crippen LogP contribution in [0.2, 0.25) is 13.1 Å². The van der Waals surface area contributed by atoms with Crippen LogP contribution in [0.5, 0.6) is 0 Å². The molecule has 0 amide bonds. The maximum Gasteiger partial charge on any atom is 0.233 e. The molecule has 0 aliphatic heterocycles. The van der Waals surface area contributed by atoms with Crippen molar-refractivity contribution in [3.8, 4) is 0 Å². The Morgan fingerprint density at radius 1 is 1.20 bits per heavy atom. The predicted octanol–water partition coefficient (Wildman–Crippen LogP) is 2.18. The molecule has 2 N–H and O–H groups in total. The van der Waals surface area contributed by atoms with Gasteiger partial charge in [0.15, 0.2) is 0 Å². The van der Waals surface area contributed by atoms with E-state index in [1.54, 1.807) is 0 Å². The van der Waals surface area contributed by atoms with Gasteiger partial charge in [0.1, 0.15) is 0 Å². The maximum atomic E-state index is 10.2. The Morgan fingerprint density at radius 3 is 2.55 bits per heavy atom. The monoisotopic (exact) mass is 288 g/mol. The van der Waals surface area contributed by atoms with Crippen molar-refractivity contribution in [2.75, 3.05) is 6.54 Å². The van der Waals surface area contributed by atoms with Gasteiger partial charge < -0.3 is 10.1 Å². The second kappa shape index (κ2) is 6.04. The van der Waals surface area contributed by atoms with Gasteiger partial charge in [-0.25, -0.2) is 0 Å². The Bertz CT molecular complexity index is 591. The first-order chi connectivity index (χ1) is 9.36. The first-order valence-electron chi connectivity index (χ1n) is 7.22. The fourth-order valence-corrected chi connectivity index (χ4v) is 3.05. The quantitative estimate of drug-likeness (QED) is 0.829. The Labute approximate surface area is 122 Å². The molecule has 0 saturated carbocycles. The topological polar surface area (TPSA) is 45.1 Å². The SMILES string of the molecule is CC(C)NCCc1ccc2ccc([Si](C)(C)O)nc2c1. The Morgan fingerprint density at radius 2 is 1.90 bits per heavy atom. The van der Waals surface area contributed by atoms with Crippen LogP contribution < -0.4 is 10.6 Å². The van der Waals surface area contributed by atoms with E-state index in [2.05, 4.69) is 48.4 Å². The number of rotatable bonds is 5. The van der Waals surface area contributed by atoms with Gasteiger partial charge in [-0.3, -0.25) is 4.98 Å². The van der Waals surface area contributed by atoms with Crippen molar-refractivity contribution in [1.29, 1.82) is 0 Å². The van der Waals surface area contributed by atoms with E-state index in [1.807, 2.05) is 19.2 Å². The number of fused-ring (bicyclic) bond motifs is 1. The fourth-order valence-electron chi connectivity index (χ4n) is 2.16. The Balaban J connectivity index is 2.23. The largest absolute Gasteiger partial charge is 0.426 e. The van der Waals surface area contributed by atoms with E-state index in [-0.39, 0.29) is 0 Å². The molecule has 0 aliphatic rings. The third-order valence-electron chi connectivity index (χ3n) is 3.35. The van der Waals surface area contributed by atoms with Crippen LogP contribution in [0, 0.1) is 0 Å². The summed E-state index contributed by atoms with van der Waals surface area (Å²) in [5.41, 5.74) is 2.27. The van der Waals surface area contributed by atoms with Crippen molar-refractivity contribution in [3.05, 3.63) is 35.9 Å². The molecule has 108 valence electrons. The van der Waals surface area contributed by atoms with E-state index in [1.165, 1.54) is 5.56 Å². The van der Waals surface area contributed by atoms with Gasteiger partial charge in [0.25, 0.3) is 0 Å². The normalized spacial score (nSPS) is 12.3.